The molecule has 1 heterocycles. The van der Waals surface area contributed by atoms with Crippen LogP contribution in [0.1, 0.15) is 37.8 Å². The van der Waals surface area contributed by atoms with Gasteiger partial charge in [0.2, 0.25) is 15.9 Å². The lowest BCUT2D eigenvalue weighted by Crippen LogP contribution is -2.44. The summed E-state index contributed by atoms with van der Waals surface area (Å²) in [6.45, 7) is 12.3. The highest BCUT2D eigenvalue weighted by molar-refractivity contribution is 7.89. The van der Waals surface area contributed by atoms with Gasteiger partial charge < -0.3 is 10.2 Å². The van der Waals surface area contributed by atoms with Crippen LogP contribution in [0, 0.1) is 19.8 Å². The number of hydrogen-bond donors (Lipinski definition) is 1. The van der Waals surface area contributed by atoms with Gasteiger partial charge >= 0.3 is 0 Å². The van der Waals surface area contributed by atoms with Crippen LogP contribution in [0.15, 0.2) is 23.1 Å². The van der Waals surface area contributed by atoms with Crippen molar-refractivity contribution in [2.24, 2.45) is 5.92 Å². The zero-order valence-corrected chi connectivity index (χ0v) is 17.8. The van der Waals surface area contributed by atoms with Gasteiger partial charge in [-0.15, -0.1) is 0 Å². The molecule has 1 N–H and O–H groups in total. The summed E-state index contributed by atoms with van der Waals surface area (Å²) in [6, 6.07) is 5.25. The predicted molar refractivity (Wildman–Crippen MR) is 108 cm³/mol. The van der Waals surface area contributed by atoms with E-state index in [1.54, 1.807) is 12.1 Å². The molecule has 0 unspecified atom stereocenters. The molecule has 0 atom stereocenters. The fourth-order valence-corrected chi connectivity index (χ4v) is 4.96. The van der Waals surface area contributed by atoms with Gasteiger partial charge in [-0.2, -0.15) is 4.31 Å². The van der Waals surface area contributed by atoms with Crippen molar-refractivity contribution < 1.29 is 13.2 Å². The second-order valence-electron chi connectivity index (χ2n) is 7.24. The quantitative estimate of drug-likeness (QED) is 0.732. The molecule has 0 saturated carbocycles. The van der Waals surface area contributed by atoms with E-state index in [1.165, 1.54) is 4.31 Å². The summed E-state index contributed by atoms with van der Waals surface area (Å²) < 4.78 is 27.2. The zero-order valence-electron chi connectivity index (χ0n) is 17.0. The van der Waals surface area contributed by atoms with Crippen molar-refractivity contribution in [1.29, 1.82) is 0 Å². The molecule has 1 amide bonds. The molecule has 27 heavy (non-hydrogen) atoms. The Labute approximate surface area is 164 Å². The summed E-state index contributed by atoms with van der Waals surface area (Å²) >= 11 is 0. The molecular weight excluding hydrogens is 362 g/mol. The van der Waals surface area contributed by atoms with Gasteiger partial charge in [0.25, 0.3) is 0 Å². The summed E-state index contributed by atoms with van der Waals surface area (Å²) in [5.74, 6) is -0.0571. The minimum Gasteiger partial charge on any atom is -0.355 e. The highest BCUT2D eigenvalue weighted by Gasteiger charge is 2.32. The largest absolute Gasteiger partial charge is 0.355 e. The van der Waals surface area contributed by atoms with E-state index in [2.05, 4.69) is 24.1 Å². The first kappa shape index (κ1) is 21.9. The van der Waals surface area contributed by atoms with Crippen LogP contribution in [0.25, 0.3) is 0 Å². The number of benzene rings is 1. The van der Waals surface area contributed by atoms with E-state index in [1.807, 2.05) is 19.9 Å². The van der Waals surface area contributed by atoms with E-state index in [0.29, 0.717) is 37.4 Å². The van der Waals surface area contributed by atoms with Gasteiger partial charge in [0.1, 0.15) is 0 Å². The predicted octanol–water partition coefficient (Wildman–Crippen LogP) is 2.16. The normalized spacial score (nSPS) is 16.6. The number of likely N-dealkylation sites (N-methyl/N-ethyl adjacent to an activating group) is 1. The van der Waals surface area contributed by atoms with E-state index in [9.17, 15) is 13.2 Å². The van der Waals surface area contributed by atoms with Crippen LogP contribution < -0.4 is 5.32 Å². The minimum atomic E-state index is -3.49. The lowest BCUT2D eigenvalue weighted by molar-refractivity contribution is -0.126. The van der Waals surface area contributed by atoms with Crippen LogP contribution in [0.5, 0.6) is 0 Å². The van der Waals surface area contributed by atoms with E-state index in [4.69, 9.17) is 0 Å². The van der Waals surface area contributed by atoms with Crippen molar-refractivity contribution in [3.05, 3.63) is 29.3 Å². The molecule has 2 rings (SSSR count). The van der Waals surface area contributed by atoms with Gasteiger partial charge in [-0.25, -0.2) is 8.42 Å². The standard InChI is InChI=1S/C20H33N3O3S/c1-5-22(6-2)14-11-21-20(24)18-9-12-23(13-10-18)27(25,26)19-8-7-16(3)17(4)15-19/h7-8,15,18H,5-6,9-14H2,1-4H3,(H,21,24). The third-order valence-electron chi connectivity index (χ3n) is 5.56. The maximum atomic E-state index is 12.9. The molecule has 152 valence electrons. The molecule has 1 aliphatic heterocycles. The molecule has 6 nitrogen and oxygen atoms in total. The average molecular weight is 396 g/mol. The Kier molecular flexibility index (Phi) is 7.82. The fourth-order valence-electron chi connectivity index (χ4n) is 3.40. The highest BCUT2D eigenvalue weighted by Crippen LogP contribution is 2.25. The summed E-state index contributed by atoms with van der Waals surface area (Å²) in [6.07, 6.45) is 1.14. The number of piperidine rings is 1. The molecule has 1 aromatic rings. The smallest absolute Gasteiger partial charge is 0.243 e. The number of rotatable bonds is 8. The van der Waals surface area contributed by atoms with Crippen molar-refractivity contribution >= 4 is 15.9 Å². The molecule has 0 aromatic heterocycles. The molecular formula is C20H33N3O3S. The summed E-state index contributed by atoms with van der Waals surface area (Å²) in [7, 11) is -3.49. The number of aryl methyl sites for hydroxylation is 2. The van der Waals surface area contributed by atoms with Crippen molar-refractivity contribution in [2.75, 3.05) is 39.3 Å². The SMILES string of the molecule is CCN(CC)CCNC(=O)C1CCN(S(=O)(=O)c2ccc(C)c(C)c2)CC1. The molecule has 0 bridgehead atoms. The third kappa shape index (κ3) is 5.53. The van der Waals surface area contributed by atoms with Crippen LogP contribution in [0.4, 0.5) is 0 Å². The minimum absolute atomic E-state index is 0.0467. The molecule has 0 aliphatic carbocycles. The lowest BCUT2D eigenvalue weighted by Gasteiger charge is -2.31. The number of nitrogens with zero attached hydrogens (tertiary/aromatic N) is 2. The Balaban J connectivity index is 1.88. The van der Waals surface area contributed by atoms with Crippen LogP contribution >= 0.6 is 0 Å². The highest BCUT2D eigenvalue weighted by atomic mass is 32.2. The number of carbonyl (C=O) groups excluding carboxylic acids is 1. The Morgan fingerprint density at radius 3 is 2.33 bits per heavy atom. The van der Waals surface area contributed by atoms with Crippen LogP contribution in [-0.4, -0.2) is 62.8 Å². The number of amides is 1. The molecule has 1 fully saturated rings. The first-order chi connectivity index (χ1) is 12.8. The first-order valence-electron chi connectivity index (χ1n) is 9.87. The lowest BCUT2D eigenvalue weighted by atomic mass is 9.97. The summed E-state index contributed by atoms with van der Waals surface area (Å²) in [4.78, 5) is 15.0. The third-order valence-corrected chi connectivity index (χ3v) is 7.46. The van der Waals surface area contributed by atoms with E-state index in [-0.39, 0.29) is 11.8 Å². The number of nitrogens with one attached hydrogen (secondary N) is 1. The number of carbonyl (C=O) groups is 1. The second-order valence-corrected chi connectivity index (χ2v) is 9.18. The van der Waals surface area contributed by atoms with Gasteiger partial charge in [-0.3, -0.25) is 4.79 Å². The van der Waals surface area contributed by atoms with Gasteiger partial charge in [0.05, 0.1) is 4.90 Å². The number of hydrogen-bond acceptors (Lipinski definition) is 4. The van der Waals surface area contributed by atoms with Crippen molar-refractivity contribution in [3.63, 3.8) is 0 Å². The molecule has 7 heteroatoms. The molecule has 1 aliphatic rings. The van der Waals surface area contributed by atoms with Crippen LogP contribution in [0.3, 0.4) is 0 Å². The summed E-state index contributed by atoms with van der Waals surface area (Å²) in [5, 5.41) is 3.00. The molecule has 0 radical (unpaired) electrons. The summed E-state index contributed by atoms with van der Waals surface area (Å²) in [5.41, 5.74) is 2.05. The average Bonchev–Trinajstić information content (AvgIpc) is 2.67. The first-order valence-corrected chi connectivity index (χ1v) is 11.3. The molecule has 1 aromatic carbocycles. The fraction of sp³-hybridized carbons (Fsp3) is 0.650. The number of sulfonamides is 1. The molecule has 0 spiro atoms. The Morgan fingerprint density at radius 2 is 1.78 bits per heavy atom. The monoisotopic (exact) mass is 395 g/mol. The van der Waals surface area contributed by atoms with E-state index < -0.39 is 10.0 Å². The van der Waals surface area contributed by atoms with Crippen LogP contribution in [0.2, 0.25) is 0 Å². The van der Waals surface area contributed by atoms with Crippen molar-refractivity contribution in [1.82, 2.24) is 14.5 Å². The van der Waals surface area contributed by atoms with Gasteiger partial charge in [-0.05, 0) is 63.0 Å². The van der Waals surface area contributed by atoms with Gasteiger partial charge in [0, 0.05) is 32.1 Å². The van der Waals surface area contributed by atoms with Crippen LogP contribution in [-0.2, 0) is 14.8 Å². The van der Waals surface area contributed by atoms with Gasteiger partial charge in [0.15, 0.2) is 0 Å². The molecule has 1 saturated heterocycles. The zero-order chi connectivity index (χ0) is 20.0. The Morgan fingerprint density at radius 1 is 1.15 bits per heavy atom. The maximum Gasteiger partial charge on any atom is 0.243 e. The van der Waals surface area contributed by atoms with Gasteiger partial charge in [-0.1, -0.05) is 19.9 Å². The van der Waals surface area contributed by atoms with E-state index in [0.717, 1.165) is 30.8 Å². The van der Waals surface area contributed by atoms with Crippen molar-refractivity contribution in [2.45, 2.75) is 45.4 Å². The Bertz CT molecular complexity index is 737. The topological polar surface area (TPSA) is 69.7 Å². The maximum absolute atomic E-state index is 12.9. The van der Waals surface area contributed by atoms with E-state index >= 15 is 0 Å². The Hall–Kier alpha value is -1.44. The second kappa shape index (κ2) is 9.66. The van der Waals surface area contributed by atoms with Crippen molar-refractivity contribution in [3.8, 4) is 0 Å².